The van der Waals surface area contributed by atoms with Crippen LogP contribution in [0.3, 0.4) is 0 Å². The Morgan fingerprint density at radius 1 is 1.20 bits per heavy atom. The predicted molar refractivity (Wildman–Crippen MR) is 120 cm³/mol. The molecule has 5 rings (SSSR count). The van der Waals surface area contributed by atoms with Crippen LogP contribution >= 0.6 is 11.3 Å². The number of rotatable bonds is 3. The van der Waals surface area contributed by atoms with E-state index in [1.54, 1.807) is 23.5 Å². The predicted octanol–water partition coefficient (Wildman–Crippen LogP) is 3.98. The summed E-state index contributed by atoms with van der Waals surface area (Å²) in [4.78, 5) is 20.1. The van der Waals surface area contributed by atoms with Gasteiger partial charge < -0.3 is 4.90 Å². The van der Waals surface area contributed by atoms with Crippen LogP contribution in [0.4, 0.5) is 5.69 Å². The monoisotopic (exact) mass is 441 g/mol. The largest absolute Gasteiger partial charge is 0.329 e. The van der Waals surface area contributed by atoms with Crippen LogP contribution in [0, 0.1) is 0 Å². The van der Waals surface area contributed by atoms with E-state index in [0.717, 1.165) is 33.6 Å². The Labute approximate surface area is 180 Å². The van der Waals surface area contributed by atoms with Crippen molar-refractivity contribution >= 4 is 43.2 Å². The molecular formula is C22H23N3O3S2. The van der Waals surface area contributed by atoms with Gasteiger partial charge in [0.05, 0.1) is 28.2 Å². The number of hydrogen-bond acceptors (Lipinski definition) is 5. The molecule has 30 heavy (non-hydrogen) atoms. The van der Waals surface area contributed by atoms with Gasteiger partial charge in [0.25, 0.3) is 5.91 Å². The molecule has 2 atom stereocenters. The Balaban J connectivity index is 1.45. The molecule has 3 aromatic rings. The van der Waals surface area contributed by atoms with Gasteiger partial charge in [0, 0.05) is 18.2 Å². The Hall–Kier alpha value is -2.45. The molecule has 1 fully saturated rings. The lowest BCUT2D eigenvalue weighted by Gasteiger charge is -2.24. The maximum Gasteiger partial charge on any atom is 0.254 e. The third-order valence-electron chi connectivity index (χ3n) is 5.95. The van der Waals surface area contributed by atoms with Crippen LogP contribution in [-0.4, -0.2) is 43.1 Å². The van der Waals surface area contributed by atoms with Gasteiger partial charge in [-0.25, -0.2) is 13.4 Å². The number of para-hydroxylation sites is 1. The minimum Gasteiger partial charge on any atom is -0.329 e. The van der Waals surface area contributed by atoms with E-state index in [9.17, 15) is 13.2 Å². The van der Waals surface area contributed by atoms with Crippen molar-refractivity contribution in [3.63, 3.8) is 0 Å². The normalized spacial score (nSPS) is 21.4. The lowest BCUT2D eigenvalue weighted by Crippen LogP contribution is -2.34. The number of fused-ring (bicyclic) bond motifs is 2. The second-order valence-electron chi connectivity index (χ2n) is 8.13. The summed E-state index contributed by atoms with van der Waals surface area (Å²) in [5.74, 6) is -0.00925. The highest BCUT2D eigenvalue weighted by Gasteiger charge is 2.35. The van der Waals surface area contributed by atoms with E-state index in [1.807, 2.05) is 36.1 Å². The molecule has 0 saturated carbocycles. The van der Waals surface area contributed by atoms with Crippen molar-refractivity contribution in [2.45, 2.75) is 38.3 Å². The quantitative estimate of drug-likeness (QED) is 0.616. The number of sulfonamides is 1. The molecule has 1 amide bonds. The zero-order chi connectivity index (χ0) is 21.0. The summed E-state index contributed by atoms with van der Waals surface area (Å²) in [5, 5.41) is 0.986. The van der Waals surface area contributed by atoms with Crippen molar-refractivity contribution in [1.82, 2.24) is 9.88 Å². The lowest BCUT2D eigenvalue weighted by atomic mass is 10.1. The fourth-order valence-corrected chi connectivity index (χ4v) is 7.09. The number of amides is 1. The first kappa shape index (κ1) is 19.5. The highest BCUT2D eigenvalue weighted by atomic mass is 32.2. The van der Waals surface area contributed by atoms with Crippen molar-refractivity contribution in [2.75, 3.05) is 17.1 Å². The number of benzene rings is 2. The van der Waals surface area contributed by atoms with E-state index in [2.05, 4.69) is 6.07 Å². The Bertz CT molecular complexity index is 1220. The van der Waals surface area contributed by atoms with Crippen molar-refractivity contribution in [3.05, 3.63) is 58.6 Å². The van der Waals surface area contributed by atoms with E-state index >= 15 is 0 Å². The lowest BCUT2D eigenvalue weighted by molar-refractivity contribution is 0.0735. The first-order chi connectivity index (χ1) is 14.3. The third-order valence-corrected chi connectivity index (χ3v) is 8.35. The van der Waals surface area contributed by atoms with Crippen LogP contribution in [0.25, 0.3) is 10.2 Å². The van der Waals surface area contributed by atoms with Crippen LogP contribution in [0.15, 0.2) is 42.5 Å². The second kappa shape index (κ2) is 7.06. The molecule has 1 saturated heterocycles. The van der Waals surface area contributed by atoms with Crippen molar-refractivity contribution in [1.29, 1.82) is 0 Å². The number of hydrogen-bond donors (Lipinski definition) is 0. The van der Waals surface area contributed by atoms with Crippen molar-refractivity contribution in [2.24, 2.45) is 0 Å². The van der Waals surface area contributed by atoms with Gasteiger partial charge in [-0.05, 0) is 62.1 Å². The van der Waals surface area contributed by atoms with E-state index in [0.29, 0.717) is 24.2 Å². The molecule has 3 heterocycles. The third kappa shape index (κ3) is 3.18. The maximum atomic E-state index is 13.4. The molecule has 1 aromatic heterocycles. The Morgan fingerprint density at radius 3 is 2.77 bits per heavy atom. The average molecular weight is 442 g/mol. The van der Waals surface area contributed by atoms with Crippen LogP contribution in [0.5, 0.6) is 0 Å². The van der Waals surface area contributed by atoms with Gasteiger partial charge >= 0.3 is 0 Å². The molecule has 6 nitrogen and oxygen atoms in total. The maximum absolute atomic E-state index is 13.4. The van der Waals surface area contributed by atoms with Gasteiger partial charge in [-0.15, -0.1) is 11.3 Å². The SMILES string of the molecule is CC1Cc2cc(C(=O)N3CCCC3c3nc4ccccc4s3)ccc2N1S(C)(=O)=O. The standard InChI is InChI=1S/C22H23N3O3S2/c1-14-12-16-13-15(9-10-18(16)25(14)30(2,27)28)22(26)24-11-5-7-19(24)21-23-17-6-3-4-8-20(17)29-21/h3-4,6,8-10,13-14,19H,5,7,11-12H2,1-2H3. The fraction of sp³-hybridized carbons (Fsp3) is 0.364. The molecule has 156 valence electrons. The van der Waals surface area contributed by atoms with Gasteiger partial charge in [0.2, 0.25) is 10.0 Å². The number of nitrogens with zero attached hydrogens (tertiary/aromatic N) is 3. The molecule has 2 aliphatic heterocycles. The molecule has 2 unspecified atom stereocenters. The molecule has 0 N–H and O–H groups in total. The summed E-state index contributed by atoms with van der Waals surface area (Å²) in [6, 6.07) is 13.3. The first-order valence-corrected chi connectivity index (χ1v) is 12.8. The number of likely N-dealkylation sites (tertiary alicyclic amines) is 1. The minimum atomic E-state index is -3.34. The summed E-state index contributed by atoms with van der Waals surface area (Å²) in [7, 11) is -3.34. The van der Waals surface area contributed by atoms with Gasteiger partial charge in [-0.1, -0.05) is 12.1 Å². The van der Waals surface area contributed by atoms with E-state index in [-0.39, 0.29) is 18.0 Å². The highest BCUT2D eigenvalue weighted by Crippen LogP contribution is 2.39. The molecule has 0 spiro atoms. The zero-order valence-electron chi connectivity index (χ0n) is 16.9. The minimum absolute atomic E-state index is 0.00500. The first-order valence-electron chi connectivity index (χ1n) is 10.1. The number of aromatic nitrogens is 1. The Morgan fingerprint density at radius 2 is 2.00 bits per heavy atom. The summed E-state index contributed by atoms with van der Waals surface area (Å²) in [6.45, 7) is 2.61. The Kier molecular flexibility index (Phi) is 4.59. The summed E-state index contributed by atoms with van der Waals surface area (Å²) < 4.78 is 26.9. The molecule has 2 aliphatic rings. The van der Waals surface area contributed by atoms with E-state index < -0.39 is 10.0 Å². The average Bonchev–Trinajstić information content (AvgIpc) is 3.40. The van der Waals surface area contributed by atoms with Crippen LogP contribution in [0.1, 0.15) is 46.7 Å². The topological polar surface area (TPSA) is 70.6 Å². The highest BCUT2D eigenvalue weighted by molar-refractivity contribution is 7.92. The molecular weight excluding hydrogens is 418 g/mol. The molecule has 0 radical (unpaired) electrons. The molecule has 0 bridgehead atoms. The van der Waals surface area contributed by atoms with Crippen LogP contribution in [-0.2, 0) is 16.4 Å². The van der Waals surface area contributed by atoms with E-state index in [4.69, 9.17) is 4.98 Å². The van der Waals surface area contributed by atoms with Crippen LogP contribution < -0.4 is 4.31 Å². The summed E-state index contributed by atoms with van der Waals surface area (Å²) in [5.41, 5.74) is 3.19. The van der Waals surface area contributed by atoms with Crippen molar-refractivity contribution < 1.29 is 13.2 Å². The van der Waals surface area contributed by atoms with Crippen LogP contribution in [0.2, 0.25) is 0 Å². The number of carbonyl (C=O) groups is 1. The van der Waals surface area contributed by atoms with Gasteiger partial charge in [-0.2, -0.15) is 0 Å². The number of carbonyl (C=O) groups excluding carboxylic acids is 1. The van der Waals surface area contributed by atoms with Crippen molar-refractivity contribution in [3.8, 4) is 0 Å². The summed E-state index contributed by atoms with van der Waals surface area (Å²) >= 11 is 1.66. The molecule has 2 aromatic carbocycles. The van der Waals surface area contributed by atoms with Gasteiger partial charge in [-0.3, -0.25) is 9.10 Å². The zero-order valence-corrected chi connectivity index (χ0v) is 18.5. The van der Waals surface area contributed by atoms with E-state index in [1.165, 1.54) is 10.6 Å². The second-order valence-corrected chi connectivity index (χ2v) is 11.1. The molecule has 0 aliphatic carbocycles. The molecule has 8 heteroatoms. The summed E-state index contributed by atoms with van der Waals surface area (Å²) in [6.07, 6.45) is 3.71. The number of thiazole rings is 1. The van der Waals surface area contributed by atoms with Gasteiger partial charge in [0.1, 0.15) is 5.01 Å². The fourth-order valence-electron chi connectivity index (χ4n) is 4.71. The number of anilines is 1. The smallest absolute Gasteiger partial charge is 0.254 e. The van der Waals surface area contributed by atoms with Gasteiger partial charge in [0.15, 0.2) is 0 Å².